The Morgan fingerprint density at radius 1 is 0.792 bits per heavy atom. The fraction of sp³-hybridized carbons (Fsp3) is 0.261. The lowest BCUT2D eigenvalue weighted by Crippen LogP contribution is -2.03. The summed E-state index contributed by atoms with van der Waals surface area (Å²) in [7, 11) is 0. The highest BCUT2D eigenvalue weighted by Gasteiger charge is 2.16. The number of carbonyl (C=O) groups is 1. The second-order valence-electron chi connectivity index (χ2n) is 6.31. The van der Waals surface area contributed by atoms with Crippen LogP contribution in [0, 0.1) is 0 Å². The maximum Gasteiger partial charge on any atom is 0.164 e. The van der Waals surface area contributed by atoms with Crippen LogP contribution in [0.4, 0.5) is 0 Å². The minimum atomic E-state index is 0.266. The highest BCUT2D eigenvalue weighted by Crippen LogP contribution is 2.31. The van der Waals surface area contributed by atoms with Gasteiger partial charge in [-0.05, 0) is 28.3 Å². The molecule has 1 nitrogen and oxygen atoms in total. The number of unbranched alkanes of at least 4 members (excludes halogenated alkanes) is 3. The van der Waals surface area contributed by atoms with E-state index in [1.165, 1.54) is 12.8 Å². The third-order valence-electron chi connectivity index (χ3n) is 4.55. The van der Waals surface area contributed by atoms with Crippen LogP contribution < -0.4 is 0 Å². The summed E-state index contributed by atoms with van der Waals surface area (Å²) in [6.07, 6.45) is 5.14. The Morgan fingerprint density at radius 3 is 2.33 bits per heavy atom. The molecule has 0 aliphatic rings. The van der Waals surface area contributed by atoms with E-state index in [4.69, 9.17) is 0 Å². The van der Waals surface area contributed by atoms with Crippen LogP contribution in [0.2, 0.25) is 0 Å². The van der Waals surface area contributed by atoms with Crippen LogP contribution in [-0.2, 0) is 0 Å². The Labute approximate surface area is 144 Å². The van der Waals surface area contributed by atoms with Gasteiger partial charge in [0.15, 0.2) is 5.78 Å². The smallest absolute Gasteiger partial charge is 0.164 e. The van der Waals surface area contributed by atoms with Crippen molar-refractivity contribution in [2.24, 2.45) is 0 Å². The highest BCUT2D eigenvalue weighted by atomic mass is 16.1. The van der Waals surface area contributed by atoms with Crippen LogP contribution in [0.5, 0.6) is 0 Å². The van der Waals surface area contributed by atoms with Crippen molar-refractivity contribution in [2.75, 3.05) is 0 Å². The lowest BCUT2D eigenvalue weighted by atomic mass is 9.90. The Morgan fingerprint density at radius 2 is 1.54 bits per heavy atom. The molecule has 0 bridgehead atoms. The van der Waals surface area contributed by atoms with Gasteiger partial charge in [0.1, 0.15) is 0 Å². The van der Waals surface area contributed by atoms with E-state index in [1.54, 1.807) is 0 Å². The Kier molecular flexibility index (Phi) is 5.43. The second kappa shape index (κ2) is 7.92. The molecule has 0 atom stereocenters. The summed E-state index contributed by atoms with van der Waals surface area (Å²) < 4.78 is 0. The molecular formula is C23H24O. The summed E-state index contributed by atoms with van der Waals surface area (Å²) in [5.74, 6) is 0.266. The average Bonchev–Trinajstić information content (AvgIpc) is 2.65. The number of rotatable bonds is 7. The van der Waals surface area contributed by atoms with Crippen molar-refractivity contribution in [1.82, 2.24) is 0 Å². The molecule has 1 heteroatoms. The molecule has 3 rings (SSSR count). The molecule has 3 aromatic rings. The topological polar surface area (TPSA) is 17.1 Å². The number of benzene rings is 3. The van der Waals surface area contributed by atoms with Gasteiger partial charge in [-0.25, -0.2) is 0 Å². The summed E-state index contributed by atoms with van der Waals surface area (Å²) in [5.41, 5.74) is 3.05. The van der Waals surface area contributed by atoms with Gasteiger partial charge in [-0.15, -0.1) is 0 Å². The zero-order valence-corrected chi connectivity index (χ0v) is 14.3. The predicted octanol–water partition coefficient (Wildman–Crippen LogP) is 6.66. The molecule has 122 valence electrons. The molecule has 0 heterocycles. The van der Waals surface area contributed by atoms with Crippen molar-refractivity contribution in [3.63, 3.8) is 0 Å². The lowest BCUT2D eigenvalue weighted by molar-refractivity contribution is 0.0981. The molecule has 0 N–H and O–H groups in total. The van der Waals surface area contributed by atoms with Crippen LogP contribution in [0.3, 0.4) is 0 Å². The SMILES string of the molecule is CCCCCCC(=O)c1c(-c2ccccc2)ccc2ccccc12. The third kappa shape index (κ3) is 3.56. The first-order valence-electron chi connectivity index (χ1n) is 8.91. The van der Waals surface area contributed by atoms with E-state index in [0.29, 0.717) is 6.42 Å². The van der Waals surface area contributed by atoms with E-state index < -0.39 is 0 Å². The molecule has 0 unspecified atom stereocenters. The van der Waals surface area contributed by atoms with Crippen molar-refractivity contribution in [3.05, 3.63) is 72.3 Å². The molecule has 0 aliphatic heterocycles. The molecule has 24 heavy (non-hydrogen) atoms. The highest BCUT2D eigenvalue weighted by molar-refractivity contribution is 6.13. The zero-order chi connectivity index (χ0) is 16.8. The van der Waals surface area contributed by atoms with Gasteiger partial charge in [0, 0.05) is 12.0 Å². The molecule has 0 aliphatic carbocycles. The van der Waals surface area contributed by atoms with E-state index in [1.807, 2.05) is 30.3 Å². The van der Waals surface area contributed by atoms with Crippen molar-refractivity contribution in [3.8, 4) is 11.1 Å². The number of carbonyl (C=O) groups excluding carboxylic acids is 1. The van der Waals surface area contributed by atoms with Crippen LogP contribution >= 0.6 is 0 Å². The Balaban J connectivity index is 2.03. The number of hydrogen-bond acceptors (Lipinski definition) is 1. The summed E-state index contributed by atoms with van der Waals surface area (Å²) in [6, 6.07) is 22.6. The maximum atomic E-state index is 13.0. The fourth-order valence-electron chi connectivity index (χ4n) is 3.27. The maximum absolute atomic E-state index is 13.0. The molecule has 0 amide bonds. The quantitative estimate of drug-likeness (QED) is 0.352. The van der Waals surface area contributed by atoms with E-state index in [2.05, 4.69) is 43.3 Å². The van der Waals surface area contributed by atoms with E-state index >= 15 is 0 Å². The van der Waals surface area contributed by atoms with Gasteiger partial charge in [0.05, 0.1) is 0 Å². The zero-order valence-electron chi connectivity index (χ0n) is 14.3. The first kappa shape index (κ1) is 16.4. The molecule has 0 spiro atoms. The number of ketones is 1. The first-order chi connectivity index (χ1) is 11.8. The minimum absolute atomic E-state index is 0.266. The van der Waals surface area contributed by atoms with E-state index in [0.717, 1.165) is 40.3 Å². The number of hydrogen-bond donors (Lipinski definition) is 0. The number of fused-ring (bicyclic) bond motifs is 1. The van der Waals surface area contributed by atoms with Crippen LogP contribution in [0.15, 0.2) is 66.7 Å². The predicted molar refractivity (Wildman–Crippen MR) is 102 cm³/mol. The van der Waals surface area contributed by atoms with Gasteiger partial charge in [0.25, 0.3) is 0 Å². The fourth-order valence-corrected chi connectivity index (χ4v) is 3.27. The molecule has 0 fully saturated rings. The van der Waals surface area contributed by atoms with Gasteiger partial charge < -0.3 is 0 Å². The van der Waals surface area contributed by atoms with Crippen molar-refractivity contribution in [1.29, 1.82) is 0 Å². The van der Waals surface area contributed by atoms with E-state index in [-0.39, 0.29) is 5.78 Å². The van der Waals surface area contributed by atoms with Gasteiger partial charge in [-0.3, -0.25) is 4.79 Å². The van der Waals surface area contributed by atoms with Crippen molar-refractivity contribution in [2.45, 2.75) is 39.0 Å². The average molecular weight is 316 g/mol. The third-order valence-corrected chi connectivity index (χ3v) is 4.55. The Bertz CT molecular complexity index is 818. The van der Waals surface area contributed by atoms with Crippen LogP contribution in [0.1, 0.15) is 49.4 Å². The molecule has 0 saturated carbocycles. The standard InChI is InChI=1S/C23H24O/c1-2-3-4-8-15-22(24)23-20-14-10-9-13-19(20)16-17-21(23)18-11-6-5-7-12-18/h5-7,9-14,16-17H,2-4,8,15H2,1H3. The lowest BCUT2D eigenvalue weighted by Gasteiger charge is -2.13. The van der Waals surface area contributed by atoms with Gasteiger partial charge in [-0.2, -0.15) is 0 Å². The summed E-state index contributed by atoms with van der Waals surface area (Å²) >= 11 is 0. The molecule has 0 saturated heterocycles. The Hall–Kier alpha value is -2.41. The minimum Gasteiger partial charge on any atom is -0.294 e. The largest absolute Gasteiger partial charge is 0.294 e. The normalized spacial score (nSPS) is 10.9. The van der Waals surface area contributed by atoms with Crippen LogP contribution in [0.25, 0.3) is 21.9 Å². The van der Waals surface area contributed by atoms with Gasteiger partial charge >= 0.3 is 0 Å². The summed E-state index contributed by atoms with van der Waals surface area (Å²) in [4.78, 5) is 13.0. The summed E-state index contributed by atoms with van der Waals surface area (Å²) in [5, 5.41) is 2.20. The van der Waals surface area contributed by atoms with Crippen molar-refractivity contribution < 1.29 is 4.79 Å². The van der Waals surface area contributed by atoms with Gasteiger partial charge in [-0.1, -0.05) is 92.9 Å². The van der Waals surface area contributed by atoms with Gasteiger partial charge in [0.2, 0.25) is 0 Å². The first-order valence-corrected chi connectivity index (χ1v) is 8.91. The monoisotopic (exact) mass is 316 g/mol. The number of Topliss-reactive ketones (excluding diaryl/α,β-unsaturated/α-hetero) is 1. The molecule has 3 aromatic carbocycles. The van der Waals surface area contributed by atoms with E-state index in [9.17, 15) is 4.79 Å². The van der Waals surface area contributed by atoms with Crippen LogP contribution in [-0.4, -0.2) is 5.78 Å². The molecule has 0 aromatic heterocycles. The molecule has 0 radical (unpaired) electrons. The molecular weight excluding hydrogens is 292 g/mol. The summed E-state index contributed by atoms with van der Waals surface area (Å²) in [6.45, 7) is 2.19. The van der Waals surface area contributed by atoms with Crippen molar-refractivity contribution >= 4 is 16.6 Å². The second-order valence-corrected chi connectivity index (χ2v) is 6.31.